The van der Waals surface area contributed by atoms with Crippen molar-refractivity contribution in [2.24, 2.45) is 5.73 Å². The number of benzene rings is 2. The van der Waals surface area contributed by atoms with Crippen LogP contribution in [0.4, 0.5) is 4.79 Å². The molecule has 6 nitrogen and oxygen atoms in total. The van der Waals surface area contributed by atoms with Crippen LogP contribution >= 0.6 is 0 Å². The minimum Gasteiger partial charge on any atom is -0.497 e. The molecule has 2 aromatic rings. The monoisotopic (exact) mass is 354 g/mol. The first-order valence-corrected chi connectivity index (χ1v) is 8.36. The van der Waals surface area contributed by atoms with E-state index < -0.39 is 11.6 Å². The van der Waals surface area contributed by atoms with Gasteiger partial charge in [-0.25, -0.2) is 4.79 Å². The van der Waals surface area contributed by atoms with Crippen molar-refractivity contribution in [3.63, 3.8) is 0 Å². The van der Waals surface area contributed by atoms with Gasteiger partial charge >= 0.3 is 6.09 Å². The Morgan fingerprint density at radius 1 is 1.19 bits per heavy atom. The highest BCUT2D eigenvalue weighted by Crippen LogP contribution is 2.36. The molecular weight excluding hydrogens is 332 g/mol. The summed E-state index contributed by atoms with van der Waals surface area (Å²) in [6, 6.07) is 12.8. The topological polar surface area (TPSA) is 81.9 Å². The van der Waals surface area contributed by atoms with Crippen LogP contribution < -0.4 is 15.2 Å². The highest BCUT2D eigenvalue weighted by molar-refractivity contribution is 5.98. The van der Waals surface area contributed by atoms with Crippen LogP contribution in [0, 0.1) is 0 Å². The van der Waals surface area contributed by atoms with Crippen LogP contribution in [0.1, 0.15) is 35.3 Å². The Labute approximate surface area is 152 Å². The van der Waals surface area contributed by atoms with Crippen molar-refractivity contribution >= 4 is 12.0 Å². The molecule has 0 saturated heterocycles. The molecule has 0 aliphatic carbocycles. The van der Waals surface area contributed by atoms with Crippen LogP contribution in [0.3, 0.4) is 0 Å². The lowest BCUT2D eigenvalue weighted by Gasteiger charge is -2.43. The molecule has 0 bridgehead atoms. The van der Waals surface area contributed by atoms with E-state index in [1.165, 1.54) is 0 Å². The average Bonchev–Trinajstić information content (AvgIpc) is 2.59. The number of nitrogens with zero attached hydrogens (tertiary/aromatic N) is 1. The number of fused-ring (bicyclic) bond motifs is 1. The maximum Gasteiger partial charge on any atom is 0.409 e. The molecule has 2 amide bonds. The average molecular weight is 354 g/mol. The van der Waals surface area contributed by atoms with Gasteiger partial charge < -0.3 is 20.1 Å². The van der Waals surface area contributed by atoms with E-state index in [2.05, 4.69) is 0 Å². The summed E-state index contributed by atoms with van der Waals surface area (Å²) in [6.45, 7) is 4.48. The molecule has 1 aliphatic heterocycles. The van der Waals surface area contributed by atoms with Gasteiger partial charge in [-0.3, -0.25) is 4.79 Å². The third-order valence-corrected chi connectivity index (χ3v) is 4.66. The molecule has 1 heterocycles. The second-order valence-electron chi connectivity index (χ2n) is 6.93. The fourth-order valence-electron chi connectivity index (χ4n) is 3.30. The van der Waals surface area contributed by atoms with E-state index in [9.17, 15) is 9.59 Å². The zero-order valence-corrected chi connectivity index (χ0v) is 15.1. The molecule has 0 spiro atoms. The summed E-state index contributed by atoms with van der Waals surface area (Å²) in [5.74, 6) is 1.03. The van der Waals surface area contributed by atoms with E-state index in [4.69, 9.17) is 15.2 Å². The molecule has 0 fully saturated rings. The Kier molecular flexibility index (Phi) is 4.59. The van der Waals surface area contributed by atoms with Crippen LogP contribution in [0.25, 0.3) is 0 Å². The molecule has 0 atom stereocenters. The number of ether oxygens (including phenoxy) is 2. The van der Waals surface area contributed by atoms with Crippen molar-refractivity contribution in [1.82, 2.24) is 4.90 Å². The molecule has 2 N–H and O–H groups in total. The number of carbonyl (C=O) groups excluding carboxylic acids is 2. The molecule has 0 saturated carbocycles. The van der Waals surface area contributed by atoms with Crippen LogP contribution in [0.15, 0.2) is 42.5 Å². The van der Waals surface area contributed by atoms with Gasteiger partial charge in [-0.05, 0) is 50.1 Å². The third-order valence-electron chi connectivity index (χ3n) is 4.66. The summed E-state index contributed by atoms with van der Waals surface area (Å²) in [5.41, 5.74) is 6.97. The Morgan fingerprint density at radius 3 is 2.50 bits per heavy atom. The van der Waals surface area contributed by atoms with Crippen LogP contribution in [-0.4, -0.2) is 29.5 Å². The molecule has 3 rings (SSSR count). The highest BCUT2D eigenvalue weighted by atomic mass is 16.5. The highest BCUT2D eigenvalue weighted by Gasteiger charge is 2.39. The largest absolute Gasteiger partial charge is 0.497 e. The lowest BCUT2D eigenvalue weighted by atomic mass is 9.84. The van der Waals surface area contributed by atoms with Gasteiger partial charge in [0.15, 0.2) is 0 Å². The summed E-state index contributed by atoms with van der Waals surface area (Å²) in [5, 5.41) is 0. The normalized spacial score (nSPS) is 15.3. The molecule has 136 valence electrons. The van der Waals surface area contributed by atoms with Crippen LogP contribution in [-0.2, 0) is 13.0 Å². The molecule has 0 radical (unpaired) electrons. The first-order valence-electron chi connectivity index (χ1n) is 8.36. The third kappa shape index (κ3) is 3.35. The Balaban J connectivity index is 1.94. The molecule has 1 aliphatic rings. The maximum atomic E-state index is 13.1. The van der Waals surface area contributed by atoms with E-state index in [1.54, 1.807) is 25.3 Å². The lowest BCUT2D eigenvalue weighted by molar-refractivity contribution is 0.0478. The van der Waals surface area contributed by atoms with E-state index in [0.29, 0.717) is 29.8 Å². The molecular formula is C20H22N2O4. The van der Waals surface area contributed by atoms with E-state index >= 15 is 0 Å². The van der Waals surface area contributed by atoms with Crippen molar-refractivity contribution in [3.05, 3.63) is 59.2 Å². The molecule has 0 unspecified atom stereocenters. The smallest absolute Gasteiger partial charge is 0.409 e. The molecule has 26 heavy (non-hydrogen) atoms. The number of nitrogens with two attached hydrogens (primary N) is 1. The minimum atomic E-state index is -0.885. The summed E-state index contributed by atoms with van der Waals surface area (Å²) in [4.78, 5) is 26.1. The van der Waals surface area contributed by atoms with E-state index in [-0.39, 0.29) is 5.91 Å². The Morgan fingerprint density at radius 2 is 1.88 bits per heavy atom. The van der Waals surface area contributed by atoms with E-state index in [0.717, 1.165) is 11.3 Å². The number of methoxy groups -OCH3 is 1. The van der Waals surface area contributed by atoms with Gasteiger partial charge in [0.1, 0.15) is 11.5 Å². The summed E-state index contributed by atoms with van der Waals surface area (Å²) in [6.07, 6.45) is -0.322. The summed E-state index contributed by atoms with van der Waals surface area (Å²) < 4.78 is 10.3. The maximum absolute atomic E-state index is 13.1. The number of primary amides is 1. The zero-order chi connectivity index (χ0) is 18.9. The standard InChI is InChI=1S/C20H22N2O4/c1-20(2)11-16-15(5-4-6-17(16)26-19(21)24)18(23)22(20)12-13-7-9-14(25-3)10-8-13/h4-10H,11-12H2,1-3H3,(H2,21,24). The number of rotatable bonds is 4. The van der Waals surface area contributed by atoms with Gasteiger partial charge in [-0.15, -0.1) is 0 Å². The fourth-order valence-corrected chi connectivity index (χ4v) is 3.30. The predicted octanol–water partition coefficient (Wildman–Crippen LogP) is 3.13. The van der Waals surface area contributed by atoms with Crippen molar-refractivity contribution in [2.45, 2.75) is 32.4 Å². The van der Waals surface area contributed by atoms with Crippen molar-refractivity contribution in [2.75, 3.05) is 7.11 Å². The molecule has 0 aromatic heterocycles. The van der Waals surface area contributed by atoms with Gasteiger partial charge in [0.25, 0.3) is 5.91 Å². The van der Waals surface area contributed by atoms with Crippen molar-refractivity contribution < 1.29 is 19.1 Å². The van der Waals surface area contributed by atoms with E-state index in [1.807, 2.05) is 43.0 Å². The minimum absolute atomic E-state index is 0.0954. The summed E-state index contributed by atoms with van der Waals surface area (Å²) >= 11 is 0. The number of carbonyl (C=O) groups is 2. The summed E-state index contributed by atoms with van der Waals surface area (Å²) in [7, 11) is 1.62. The second-order valence-corrected chi connectivity index (χ2v) is 6.93. The van der Waals surface area contributed by atoms with Crippen LogP contribution in [0.2, 0.25) is 0 Å². The number of amides is 2. The van der Waals surface area contributed by atoms with Gasteiger partial charge in [-0.2, -0.15) is 0 Å². The first kappa shape index (κ1) is 17.8. The molecule has 6 heteroatoms. The number of hydrogen-bond donors (Lipinski definition) is 1. The van der Waals surface area contributed by atoms with Gasteiger partial charge in [0.05, 0.1) is 7.11 Å². The van der Waals surface area contributed by atoms with Gasteiger partial charge in [-0.1, -0.05) is 18.2 Å². The van der Waals surface area contributed by atoms with Crippen LogP contribution in [0.5, 0.6) is 11.5 Å². The second kappa shape index (κ2) is 6.71. The van der Waals surface area contributed by atoms with Gasteiger partial charge in [0, 0.05) is 23.2 Å². The fraction of sp³-hybridized carbons (Fsp3) is 0.300. The Bertz CT molecular complexity index is 843. The zero-order valence-electron chi connectivity index (χ0n) is 15.1. The van der Waals surface area contributed by atoms with Crippen molar-refractivity contribution in [1.29, 1.82) is 0 Å². The first-order chi connectivity index (χ1) is 12.3. The SMILES string of the molecule is COc1ccc(CN2C(=O)c3cccc(OC(N)=O)c3CC2(C)C)cc1. The Hall–Kier alpha value is -3.02. The van der Waals surface area contributed by atoms with Crippen molar-refractivity contribution in [3.8, 4) is 11.5 Å². The lowest BCUT2D eigenvalue weighted by Crippen LogP contribution is -2.52. The van der Waals surface area contributed by atoms with Gasteiger partial charge in [0.2, 0.25) is 0 Å². The number of hydrogen-bond acceptors (Lipinski definition) is 4. The predicted molar refractivity (Wildman–Crippen MR) is 97.3 cm³/mol. The quantitative estimate of drug-likeness (QED) is 0.914. The molecule has 2 aromatic carbocycles.